The third-order valence-electron chi connectivity index (χ3n) is 9.20. The van der Waals surface area contributed by atoms with Crippen molar-refractivity contribution in [3.63, 3.8) is 0 Å². The van der Waals surface area contributed by atoms with Gasteiger partial charge in [0.25, 0.3) is 0 Å². The van der Waals surface area contributed by atoms with E-state index in [2.05, 4.69) is 103 Å². The molecule has 5 heterocycles. The van der Waals surface area contributed by atoms with Gasteiger partial charge in [0, 0.05) is 39.7 Å². The van der Waals surface area contributed by atoms with E-state index in [-0.39, 0.29) is 42.0 Å². The molecule has 6 unspecified atom stereocenters. The maximum atomic E-state index is 13.2. The van der Waals surface area contributed by atoms with Crippen LogP contribution in [0.1, 0.15) is 22.3 Å². The summed E-state index contributed by atoms with van der Waals surface area (Å²) in [6, 6.07) is 8.44. The molecule has 0 saturated carbocycles. The second kappa shape index (κ2) is 8.62. The first-order valence-corrected chi connectivity index (χ1v) is 14.4. The number of nitrogens with zero attached hydrogens (tertiary/aromatic N) is 1. The van der Waals surface area contributed by atoms with Gasteiger partial charge in [0.15, 0.2) is 5.78 Å². The molecule has 0 spiro atoms. The van der Waals surface area contributed by atoms with Crippen LogP contribution in [-0.4, -0.2) is 40.1 Å². The summed E-state index contributed by atoms with van der Waals surface area (Å²) in [6.45, 7) is 0. The number of benzene rings is 1. The van der Waals surface area contributed by atoms with E-state index in [1.54, 1.807) is 6.08 Å². The SMILES string of the molecule is O=C1C=CCc2c3[nH]c(c21)NC1=NC(Nc2[nH]c(c4ccccc24)NC2NC(N3)C3C=CC=CC23)C2C=CCC=C12. The molecule has 3 aliphatic carbocycles. The summed E-state index contributed by atoms with van der Waals surface area (Å²) in [6.07, 6.45) is 20.3. The number of anilines is 4. The molecule has 1 fully saturated rings. The molecule has 1 aromatic carbocycles. The van der Waals surface area contributed by atoms with Gasteiger partial charge in [0.1, 0.15) is 35.3 Å². The molecule has 204 valence electrons. The van der Waals surface area contributed by atoms with Crippen LogP contribution >= 0.6 is 0 Å². The Labute approximate surface area is 236 Å². The zero-order valence-electron chi connectivity index (χ0n) is 22.2. The van der Waals surface area contributed by atoms with Crippen LogP contribution in [0.4, 0.5) is 23.3 Å². The average molecular weight is 543 g/mol. The van der Waals surface area contributed by atoms with Crippen molar-refractivity contribution in [3.8, 4) is 0 Å². The van der Waals surface area contributed by atoms with Crippen molar-refractivity contribution in [2.75, 3.05) is 21.3 Å². The lowest BCUT2D eigenvalue weighted by molar-refractivity contribution is 0.104. The molecule has 3 aliphatic heterocycles. The van der Waals surface area contributed by atoms with E-state index in [0.29, 0.717) is 17.8 Å². The van der Waals surface area contributed by atoms with Crippen molar-refractivity contribution in [3.05, 3.63) is 95.6 Å². The van der Waals surface area contributed by atoms with Gasteiger partial charge in [-0.1, -0.05) is 72.9 Å². The number of H-pyrrole nitrogens is 2. The number of fused-ring (bicyclic) bond motifs is 19. The molecule has 1 saturated heterocycles. The minimum absolute atomic E-state index is 0.000627. The molecular weight excluding hydrogens is 512 g/mol. The summed E-state index contributed by atoms with van der Waals surface area (Å²) in [5.74, 6) is 4.78. The Hall–Kier alpha value is -4.76. The van der Waals surface area contributed by atoms with E-state index in [9.17, 15) is 4.79 Å². The molecule has 6 atom stereocenters. The summed E-state index contributed by atoms with van der Waals surface area (Å²) in [4.78, 5) is 25.6. The maximum absolute atomic E-state index is 13.2. The second-order valence-electron chi connectivity index (χ2n) is 11.5. The van der Waals surface area contributed by atoms with Crippen molar-refractivity contribution >= 4 is 45.7 Å². The normalized spacial score (nSPS) is 30.4. The molecule has 9 heteroatoms. The molecule has 0 radical (unpaired) electrons. The van der Waals surface area contributed by atoms with Gasteiger partial charge in [-0.25, -0.2) is 4.99 Å². The maximum Gasteiger partial charge on any atom is 0.189 e. The summed E-state index contributed by atoms with van der Waals surface area (Å²) >= 11 is 0. The second-order valence-corrected chi connectivity index (χ2v) is 11.5. The molecule has 9 rings (SSSR count). The predicted octanol–water partition coefficient (Wildman–Crippen LogP) is 5.01. The van der Waals surface area contributed by atoms with Crippen LogP contribution in [0.3, 0.4) is 0 Å². The quantitative estimate of drug-likeness (QED) is 0.201. The lowest BCUT2D eigenvalue weighted by Gasteiger charge is -2.23. The van der Waals surface area contributed by atoms with Gasteiger partial charge in [-0.05, 0) is 18.9 Å². The highest BCUT2D eigenvalue weighted by molar-refractivity contribution is 6.17. The van der Waals surface area contributed by atoms with Gasteiger partial charge in [-0.15, -0.1) is 0 Å². The minimum Gasteiger partial charge on any atom is -0.355 e. The van der Waals surface area contributed by atoms with Crippen molar-refractivity contribution in [1.82, 2.24) is 15.3 Å². The zero-order valence-corrected chi connectivity index (χ0v) is 22.2. The number of aromatic nitrogens is 2. The highest BCUT2D eigenvalue weighted by Gasteiger charge is 2.43. The van der Waals surface area contributed by atoms with Crippen LogP contribution in [0.2, 0.25) is 0 Å². The van der Waals surface area contributed by atoms with E-state index in [1.165, 1.54) is 0 Å². The van der Waals surface area contributed by atoms with Crippen molar-refractivity contribution < 1.29 is 4.79 Å². The number of rotatable bonds is 0. The molecule has 7 N–H and O–H groups in total. The topological polar surface area (TPSA) is 121 Å². The number of hydrogen-bond acceptors (Lipinski definition) is 7. The Balaban J connectivity index is 1.21. The number of allylic oxidation sites excluding steroid dienone is 6. The van der Waals surface area contributed by atoms with Crippen LogP contribution < -0.4 is 26.6 Å². The van der Waals surface area contributed by atoms with Crippen molar-refractivity contribution in [1.29, 1.82) is 0 Å². The van der Waals surface area contributed by atoms with Gasteiger partial charge < -0.3 is 31.2 Å². The number of carbonyl (C=O) groups is 1. The van der Waals surface area contributed by atoms with E-state index in [4.69, 9.17) is 4.99 Å². The number of aromatic amines is 2. The molecule has 41 heavy (non-hydrogen) atoms. The van der Waals surface area contributed by atoms with E-state index < -0.39 is 0 Å². The summed E-state index contributed by atoms with van der Waals surface area (Å²) in [7, 11) is 0. The molecule has 8 bridgehead atoms. The van der Waals surface area contributed by atoms with E-state index in [1.807, 2.05) is 6.08 Å². The van der Waals surface area contributed by atoms with Crippen LogP contribution in [-0.2, 0) is 6.42 Å². The highest BCUT2D eigenvalue weighted by atomic mass is 16.1. The number of ketones is 1. The Morgan fingerprint density at radius 2 is 1.54 bits per heavy atom. The average Bonchev–Trinajstić information content (AvgIpc) is 3.73. The largest absolute Gasteiger partial charge is 0.355 e. The van der Waals surface area contributed by atoms with Crippen LogP contribution in [0, 0.1) is 17.8 Å². The lowest BCUT2D eigenvalue weighted by atomic mass is 9.88. The number of carbonyl (C=O) groups excluding carboxylic acids is 1. The lowest BCUT2D eigenvalue weighted by Crippen LogP contribution is -2.41. The zero-order chi connectivity index (χ0) is 27.1. The van der Waals surface area contributed by atoms with Crippen LogP contribution in [0.25, 0.3) is 10.8 Å². The van der Waals surface area contributed by atoms with Crippen molar-refractivity contribution in [2.24, 2.45) is 22.7 Å². The molecule has 9 nitrogen and oxygen atoms in total. The predicted molar refractivity (Wildman–Crippen MR) is 163 cm³/mol. The van der Waals surface area contributed by atoms with Crippen LogP contribution in [0.5, 0.6) is 0 Å². The third kappa shape index (κ3) is 3.45. The monoisotopic (exact) mass is 542 g/mol. The van der Waals surface area contributed by atoms with Gasteiger partial charge in [-0.3, -0.25) is 10.1 Å². The summed E-state index contributed by atoms with van der Waals surface area (Å²) in [5, 5.41) is 20.9. The molecule has 6 aliphatic rings. The number of hydrogen-bond donors (Lipinski definition) is 7. The first-order valence-electron chi connectivity index (χ1n) is 14.4. The van der Waals surface area contributed by atoms with Gasteiger partial charge in [0.05, 0.1) is 17.9 Å². The van der Waals surface area contributed by atoms with E-state index >= 15 is 0 Å². The molecule has 3 aromatic rings. The highest BCUT2D eigenvalue weighted by Crippen LogP contribution is 2.41. The van der Waals surface area contributed by atoms with Crippen LogP contribution in [0.15, 0.2) is 89.5 Å². The molecular formula is C32H30N8O. The van der Waals surface area contributed by atoms with Crippen molar-refractivity contribution in [2.45, 2.75) is 31.3 Å². The number of amidine groups is 1. The van der Waals surface area contributed by atoms with E-state index in [0.717, 1.165) is 51.6 Å². The third-order valence-corrected chi connectivity index (χ3v) is 9.20. The standard InChI is InChI=1S/C32H30N8O/c41-23-15-7-14-22-24(23)32-39-30-21-13-6-5-12-20(21)28(37-30)35-26-17-9-2-1-8-16(17)25(33-26)34-27-18-10-3-4-11-19(18)29(36-27)38-31(22)40-32/h1-5,7-13,15,18-20,27-29,33-36,38,40H,6,14H2,(H,37,39). The Bertz CT molecular complexity index is 1800. The Morgan fingerprint density at radius 1 is 0.805 bits per heavy atom. The summed E-state index contributed by atoms with van der Waals surface area (Å²) in [5.41, 5.74) is 2.81. The molecule has 2 aromatic heterocycles. The Morgan fingerprint density at radius 3 is 2.34 bits per heavy atom. The number of nitrogens with one attached hydrogen (secondary N) is 7. The Kier molecular flexibility index (Phi) is 4.83. The smallest absolute Gasteiger partial charge is 0.189 e. The fraction of sp³-hybridized carbons (Fsp3) is 0.250. The van der Waals surface area contributed by atoms with Gasteiger partial charge in [-0.2, -0.15) is 0 Å². The fourth-order valence-corrected chi connectivity index (χ4v) is 7.29. The minimum atomic E-state index is -0.202. The van der Waals surface area contributed by atoms with Gasteiger partial charge >= 0.3 is 0 Å². The van der Waals surface area contributed by atoms with Gasteiger partial charge in [0.2, 0.25) is 0 Å². The first-order chi connectivity index (χ1) is 20.2. The fourth-order valence-electron chi connectivity index (χ4n) is 7.29. The first kappa shape index (κ1) is 23.0. The number of aliphatic imine (C=N–C) groups is 1. The molecule has 0 amide bonds. The summed E-state index contributed by atoms with van der Waals surface area (Å²) < 4.78 is 0.